The molecule has 0 fully saturated rings. The van der Waals surface area contributed by atoms with E-state index < -0.39 is 0 Å². The fourth-order valence-electron chi connectivity index (χ4n) is 1.77. The molecule has 0 bridgehead atoms. The summed E-state index contributed by atoms with van der Waals surface area (Å²) in [6.45, 7) is 0. The number of benzene rings is 2. The number of halogens is 1. The highest BCUT2D eigenvalue weighted by molar-refractivity contribution is 9.10. The van der Waals surface area contributed by atoms with Crippen LogP contribution in [0.2, 0.25) is 0 Å². The van der Waals surface area contributed by atoms with Crippen LogP contribution in [0, 0.1) is 0 Å². The van der Waals surface area contributed by atoms with E-state index in [0.717, 1.165) is 4.47 Å². The number of thiophene rings is 1. The fraction of sp³-hybridized carbons (Fsp3) is 0. The Bertz CT molecular complexity index is 607. The van der Waals surface area contributed by atoms with E-state index in [1.54, 1.807) is 0 Å². The lowest BCUT2D eigenvalue weighted by Gasteiger charge is -1.96. The van der Waals surface area contributed by atoms with Crippen molar-refractivity contribution in [3.05, 3.63) is 59.1 Å². The minimum atomic E-state index is 1.13. The molecule has 1 heterocycles. The lowest BCUT2D eigenvalue weighted by atomic mass is 10.1. The van der Waals surface area contributed by atoms with E-state index in [0.29, 0.717) is 0 Å². The molecule has 0 unspecified atom stereocenters. The molecule has 0 aliphatic carbocycles. The van der Waals surface area contributed by atoms with E-state index in [1.807, 2.05) is 11.3 Å². The monoisotopic (exact) mass is 288 g/mol. The van der Waals surface area contributed by atoms with Crippen LogP contribution in [0.1, 0.15) is 0 Å². The third-order valence-electron chi connectivity index (χ3n) is 2.53. The highest BCUT2D eigenvalue weighted by Gasteiger charge is 2.03. The predicted molar refractivity (Wildman–Crippen MR) is 75.0 cm³/mol. The Hall–Kier alpha value is -1.12. The van der Waals surface area contributed by atoms with Crippen molar-refractivity contribution in [2.75, 3.05) is 0 Å². The quantitative estimate of drug-likeness (QED) is 0.568. The Morgan fingerprint density at radius 2 is 1.75 bits per heavy atom. The summed E-state index contributed by atoms with van der Waals surface area (Å²) in [4.78, 5) is 1.32. The molecule has 1 aromatic heterocycles. The van der Waals surface area contributed by atoms with Gasteiger partial charge in [0.25, 0.3) is 0 Å². The summed E-state index contributed by atoms with van der Waals surface area (Å²) in [6, 6.07) is 19.2. The molecule has 0 spiro atoms. The van der Waals surface area contributed by atoms with Crippen molar-refractivity contribution >= 4 is 37.4 Å². The van der Waals surface area contributed by atoms with Crippen molar-refractivity contribution in [2.45, 2.75) is 0 Å². The molecule has 0 aliphatic heterocycles. The zero-order valence-electron chi connectivity index (χ0n) is 8.48. The van der Waals surface area contributed by atoms with Gasteiger partial charge >= 0.3 is 0 Å². The second-order valence-electron chi connectivity index (χ2n) is 3.66. The molecule has 0 amide bonds. The zero-order chi connectivity index (χ0) is 11.0. The Morgan fingerprint density at radius 1 is 0.875 bits per heavy atom. The maximum Gasteiger partial charge on any atom is 0.0355 e. The first-order valence-corrected chi connectivity index (χ1v) is 6.68. The van der Waals surface area contributed by atoms with Gasteiger partial charge in [0.15, 0.2) is 0 Å². The van der Waals surface area contributed by atoms with Gasteiger partial charge in [0, 0.05) is 14.0 Å². The summed E-state index contributed by atoms with van der Waals surface area (Å²) in [7, 11) is 0. The van der Waals surface area contributed by atoms with Gasteiger partial charge in [-0.15, -0.1) is 11.3 Å². The van der Waals surface area contributed by atoms with Gasteiger partial charge in [0.2, 0.25) is 0 Å². The number of rotatable bonds is 1. The summed E-state index contributed by atoms with van der Waals surface area (Å²) in [5, 5.41) is 1.32. The third-order valence-corrected chi connectivity index (χ3v) is 4.19. The molecule has 0 radical (unpaired) electrons. The van der Waals surface area contributed by atoms with E-state index >= 15 is 0 Å². The molecule has 0 saturated carbocycles. The third kappa shape index (κ3) is 1.79. The summed E-state index contributed by atoms with van der Waals surface area (Å²) >= 11 is 5.35. The van der Waals surface area contributed by atoms with Crippen LogP contribution in [0.15, 0.2) is 59.1 Å². The Balaban J connectivity index is 2.19. The van der Waals surface area contributed by atoms with Gasteiger partial charge in [-0.3, -0.25) is 0 Å². The van der Waals surface area contributed by atoms with Gasteiger partial charge in [0.05, 0.1) is 0 Å². The standard InChI is InChI=1S/C14H9BrS/c15-12-6-3-5-10(8-12)14-9-11-4-1-2-7-13(11)16-14/h1-9H. The summed E-state index contributed by atoms with van der Waals surface area (Å²) in [5.41, 5.74) is 1.27. The van der Waals surface area contributed by atoms with Crippen LogP contribution < -0.4 is 0 Å². The normalized spacial score (nSPS) is 10.8. The van der Waals surface area contributed by atoms with Crippen LogP contribution in [-0.4, -0.2) is 0 Å². The smallest absolute Gasteiger partial charge is 0.0355 e. The summed E-state index contributed by atoms with van der Waals surface area (Å²) in [6.07, 6.45) is 0. The van der Waals surface area contributed by atoms with E-state index in [9.17, 15) is 0 Å². The molecule has 0 saturated heterocycles. The zero-order valence-corrected chi connectivity index (χ0v) is 10.9. The van der Waals surface area contributed by atoms with Gasteiger partial charge in [0.1, 0.15) is 0 Å². The van der Waals surface area contributed by atoms with Gasteiger partial charge in [-0.2, -0.15) is 0 Å². The molecule has 0 N–H and O–H groups in total. The lowest BCUT2D eigenvalue weighted by Crippen LogP contribution is -1.70. The largest absolute Gasteiger partial charge is 0.135 e. The molecule has 3 aromatic rings. The summed E-state index contributed by atoms with van der Waals surface area (Å²) < 4.78 is 2.47. The SMILES string of the molecule is Brc1cccc(-c2cc3ccccc3s2)c1. The van der Waals surface area contributed by atoms with E-state index in [1.165, 1.54) is 20.5 Å². The van der Waals surface area contributed by atoms with Crippen LogP contribution >= 0.6 is 27.3 Å². The van der Waals surface area contributed by atoms with Crippen molar-refractivity contribution in [1.29, 1.82) is 0 Å². The maximum atomic E-state index is 3.51. The fourth-order valence-corrected chi connectivity index (χ4v) is 3.22. The van der Waals surface area contributed by atoms with Crippen LogP contribution in [0.4, 0.5) is 0 Å². The molecule has 0 aliphatic rings. The van der Waals surface area contributed by atoms with Crippen LogP contribution in [0.5, 0.6) is 0 Å². The molecule has 16 heavy (non-hydrogen) atoms. The first kappa shape index (κ1) is 10.1. The van der Waals surface area contributed by atoms with Crippen LogP contribution in [0.3, 0.4) is 0 Å². The minimum absolute atomic E-state index is 1.13. The van der Waals surface area contributed by atoms with Gasteiger partial charge < -0.3 is 0 Å². The maximum absolute atomic E-state index is 3.51. The van der Waals surface area contributed by atoms with Crippen molar-refractivity contribution in [3.63, 3.8) is 0 Å². The number of hydrogen-bond acceptors (Lipinski definition) is 1. The highest BCUT2D eigenvalue weighted by atomic mass is 79.9. The molecule has 2 heteroatoms. The predicted octanol–water partition coefficient (Wildman–Crippen LogP) is 5.33. The van der Waals surface area contributed by atoms with Gasteiger partial charge in [-0.1, -0.05) is 46.3 Å². The van der Waals surface area contributed by atoms with Crippen molar-refractivity contribution in [3.8, 4) is 10.4 Å². The average Bonchev–Trinajstić information content (AvgIpc) is 2.72. The van der Waals surface area contributed by atoms with E-state index in [2.05, 4.69) is 70.5 Å². The highest BCUT2D eigenvalue weighted by Crippen LogP contribution is 2.34. The van der Waals surface area contributed by atoms with E-state index in [-0.39, 0.29) is 0 Å². The van der Waals surface area contributed by atoms with E-state index in [4.69, 9.17) is 0 Å². The number of fused-ring (bicyclic) bond motifs is 1. The Labute approximate surface area is 107 Å². The van der Waals surface area contributed by atoms with Crippen molar-refractivity contribution in [1.82, 2.24) is 0 Å². The van der Waals surface area contributed by atoms with Crippen LogP contribution in [0.25, 0.3) is 20.5 Å². The molecule has 0 atom stereocenters. The molecular weight excluding hydrogens is 280 g/mol. The Kier molecular flexibility index (Phi) is 2.54. The van der Waals surface area contributed by atoms with Crippen LogP contribution in [-0.2, 0) is 0 Å². The molecule has 0 nitrogen and oxygen atoms in total. The second-order valence-corrected chi connectivity index (χ2v) is 5.66. The summed E-state index contributed by atoms with van der Waals surface area (Å²) in [5.74, 6) is 0. The van der Waals surface area contributed by atoms with Crippen molar-refractivity contribution in [2.24, 2.45) is 0 Å². The first-order valence-electron chi connectivity index (χ1n) is 5.07. The molecule has 78 valence electrons. The number of hydrogen-bond donors (Lipinski definition) is 0. The molecule has 2 aromatic carbocycles. The molecular formula is C14H9BrS. The van der Waals surface area contributed by atoms with Crippen molar-refractivity contribution < 1.29 is 0 Å². The minimum Gasteiger partial charge on any atom is -0.135 e. The average molecular weight is 289 g/mol. The Morgan fingerprint density at radius 3 is 2.56 bits per heavy atom. The molecule has 3 rings (SSSR count). The van der Waals surface area contributed by atoms with Gasteiger partial charge in [-0.05, 0) is 35.2 Å². The first-order chi connectivity index (χ1) is 7.83. The second kappa shape index (κ2) is 4.04. The topological polar surface area (TPSA) is 0 Å². The lowest BCUT2D eigenvalue weighted by molar-refractivity contribution is 1.65. The van der Waals surface area contributed by atoms with Gasteiger partial charge in [-0.25, -0.2) is 0 Å².